The molecule has 0 aromatic heterocycles. The topological polar surface area (TPSA) is 56.2 Å². The number of ether oxygens (including phenoxy) is 1. The molecule has 0 amide bonds. The van der Waals surface area contributed by atoms with Gasteiger partial charge >= 0.3 is 0 Å². The number of benzene rings is 1. The Morgan fingerprint density at radius 2 is 1.84 bits per heavy atom. The van der Waals surface area contributed by atoms with Crippen LogP contribution in [0.3, 0.4) is 0 Å². The lowest BCUT2D eigenvalue weighted by molar-refractivity contribution is -0.00618. The van der Waals surface area contributed by atoms with Gasteiger partial charge in [-0.3, -0.25) is 9.80 Å². The van der Waals surface area contributed by atoms with E-state index in [0.29, 0.717) is 6.54 Å². The van der Waals surface area contributed by atoms with Crippen molar-refractivity contribution in [3.63, 3.8) is 0 Å². The van der Waals surface area contributed by atoms with E-state index in [9.17, 15) is 10.2 Å². The summed E-state index contributed by atoms with van der Waals surface area (Å²) in [5.41, 5.74) is 1.14. The number of likely N-dealkylation sites (tertiary alicyclic amines) is 1. The molecule has 1 aromatic carbocycles. The summed E-state index contributed by atoms with van der Waals surface area (Å²) in [7, 11) is 0. The molecule has 0 saturated carbocycles. The van der Waals surface area contributed by atoms with Crippen LogP contribution in [-0.2, 0) is 11.3 Å². The Balaban J connectivity index is 1.56. The third-order valence-electron chi connectivity index (χ3n) is 4.72. The van der Waals surface area contributed by atoms with E-state index < -0.39 is 5.60 Å². The van der Waals surface area contributed by atoms with Crippen LogP contribution in [0.25, 0.3) is 0 Å². The van der Waals surface area contributed by atoms with Crippen molar-refractivity contribution in [1.29, 1.82) is 0 Å². The molecule has 2 heterocycles. The number of rotatable bonds is 3. The zero-order valence-electron chi connectivity index (χ0n) is 15.1. The molecule has 5 heteroatoms. The van der Waals surface area contributed by atoms with Crippen LogP contribution in [0.1, 0.15) is 25.0 Å². The highest BCUT2D eigenvalue weighted by atomic mass is 16.5. The molecule has 136 valence electrons. The highest BCUT2D eigenvalue weighted by molar-refractivity contribution is 5.37. The largest absolute Gasteiger partial charge is 0.390 e. The number of aliphatic hydroxyl groups is 2. The summed E-state index contributed by atoms with van der Waals surface area (Å²) >= 11 is 0. The fourth-order valence-corrected chi connectivity index (χ4v) is 3.42. The average molecular weight is 344 g/mol. The zero-order chi connectivity index (χ0) is 17.9. The SMILES string of the molecule is CC(C)(O)C#Cc1ccc(CN2C[C@@H](O)[C@H](N3CCOCC3)C2)cc1. The molecule has 0 aliphatic carbocycles. The summed E-state index contributed by atoms with van der Waals surface area (Å²) in [6, 6.07) is 8.33. The van der Waals surface area contributed by atoms with Crippen molar-refractivity contribution in [1.82, 2.24) is 9.80 Å². The first-order chi connectivity index (χ1) is 11.9. The Morgan fingerprint density at radius 1 is 1.16 bits per heavy atom. The maximum atomic E-state index is 10.4. The van der Waals surface area contributed by atoms with Crippen LogP contribution in [0, 0.1) is 11.8 Å². The number of morpholine rings is 1. The lowest BCUT2D eigenvalue weighted by Gasteiger charge is -2.33. The minimum Gasteiger partial charge on any atom is -0.390 e. The Morgan fingerprint density at radius 3 is 2.48 bits per heavy atom. The van der Waals surface area contributed by atoms with E-state index in [0.717, 1.165) is 45.0 Å². The summed E-state index contributed by atoms with van der Waals surface area (Å²) in [6.45, 7) is 9.12. The number of nitrogens with zero attached hydrogens (tertiary/aromatic N) is 2. The lowest BCUT2D eigenvalue weighted by Crippen LogP contribution is -2.48. The van der Waals surface area contributed by atoms with Gasteiger partial charge in [0.2, 0.25) is 0 Å². The second kappa shape index (κ2) is 7.86. The second-order valence-electron chi connectivity index (χ2n) is 7.48. The summed E-state index contributed by atoms with van der Waals surface area (Å²) in [4.78, 5) is 4.66. The highest BCUT2D eigenvalue weighted by Crippen LogP contribution is 2.20. The van der Waals surface area contributed by atoms with Gasteiger partial charge in [0.05, 0.1) is 19.3 Å². The minimum atomic E-state index is -0.973. The van der Waals surface area contributed by atoms with E-state index in [4.69, 9.17) is 4.74 Å². The van der Waals surface area contributed by atoms with Crippen molar-refractivity contribution in [2.75, 3.05) is 39.4 Å². The Hall–Kier alpha value is -1.42. The average Bonchev–Trinajstić information content (AvgIpc) is 2.95. The molecular formula is C20H28N2O3. The molecule has 0 spiro atoms. The van der Waals surface area contributed by atoms with E-state index >= 15 is 0 Å². The quantitative estimate of drug-likeness (QED) is 0.790. The molecule has 25 heavy (non-hydrogen) atoms. The third-order valence-corrected chi connectivity index (χ3v) is 4.72. The molecule has 1 aromatic rings. The van der Waals surface area contributed by atoms with Gasteiger partial charge in [-0.25, -0.2) is 0 Å². The fourth-order valence-electron chi connectivity index (χ4n) is 3.42. The van der Waals surface area contributed by atoms with Crippen LogP contribution in [-0.4, -0.2) is 77.2 Å². The molecule has 0 bridgehead atoms. The smallest absolute Gasteiger partial charge is 0.120 e. The van der Waals surface area contributed by atoms with Gasteiger partial charge in [-0.2, -0.15) is 0 Å². The van der Waals surface area contributed by atoms with E-state index in [1.165, 1.54) is 5.56 Å². The Labute approximate surface area is 150 Å². The van der Waals surface area contributed by atoms with Gasteiger partial charge in [-0.1, -0.05) is 24.0 Å². The van der Waals surface area contributed by atoms with E-state index in [2.05, 4.69) is 33.8 Å². The molecule has 3 rings (SSSR count). The molecule has 2 fully saturated rings. The Bertz CT molecular complexity index is 621. The first kappa shape index (κ1) is 18.4. The van der Waals surface area contributed by atoms with Crippen molar-refractivity contribution >= 4 is 0 Å². The predicted octanol–water partition coefficient (Wildman–Crippen LogP) is 0.686. The van der Waals surface area contributed by atoms with Gasteiger partial charge in [0, 0.05) is 44.3 Å². The maximum Gasteiger partial charge on any atom is 0.120 e. The monoisotopic (exact) mass is 344 g/mol. The molecule has 2 atom stereocenters. The number of hydrogen-bond acceptors (Lipinski definition) is 5. The second-order valence-corrected chi connectivity index (χ2v) is 7.48. The molecule has 5 nitrogen and oxygen atoms in total. The van der Waals surface area contributed by atoms with Gasteiger partial charge in [0.25, 0.3) is 0 Å². The summed E-state index contributed by atoms with van der Waals surface area (Å²) < 4.78 is 5.41. The lowest BCUT2D eigenvalue weighted by atomic mass is 10.1. The van der Waals surface area contributed by atoms with Crippen LogP contribution in [0.2, 0.25) is 0 Å². The Kier molecular flexibility index (Phi) is 5.78. The maximum absolute atomic E-state index is 10.4. The highest BCUT2D eigenvalue weighted by Gasteiger charge is 2.35. The standard InChI is InChI=1S/C20H28N2O3/c1-20(2,24)8-7-16-3-5-17(6-4-16)13-21-14-18(19(23)15-21)22-9-11-25-12-10-22/h3-6,18-19,23-24H,9-15H2,1-2H3/t18-,19-/m1/s1. The first-order valence-electron chi connectivity index (χ1n) is 8.97. The van der Waals surface area contributed by atoms with Crippen LogP contribution in [0.4, 0.5) is 0 Å². The summed E-state index contributed by atoms with van der Waals surface area (Å²) in [6.07, 6.45) is -0.296. The molecule has 0 radical (unpaired) electrons. The van der Waals surface area contributed by atoms with Crippen molar-refractivity contribution in [3.8, 4) is 11.8 Å². The van der Waals surface area contributed by atoms with Gasteiger partial charge in [-0.05, 0) is 31.5 Å². The van der Waals surface area contributed by atoms with Crippen LogP contribution in [0.15, 0.2) is 24.3 Å². The fraction of sp³-hybridized carbons (Fsp3) is 0.600. The number of β-amino-alcohol motifs (C(OH)–C–C–N with tert-alkyl or cyclic N) is 1. The van der Waals surface area contributed by atoms with Crippen molar-refractivity contribution < 1.29 is 14.9 Å². The first-order valence-corrected chi connectivity index (χ1v) is 8.97. The number of aliphatic hydroxyl groups excluding tert-OH is 1. The zero-order valence-corrected chi connectivity index (χ0v) is 15.1. The summed E-state index contributed by atoms with van der Waals surface area (Å²) in [5.74, 6) is 5.82. The van der Waals surface area contributed by atoms with Gasteiger partial charge in [0.1, 0.15) is 5.60 Å². The van der Waals surface area contributed by atoms with Crippen molar-refractivity contribution in [2.45, 2.75) is 38.1 Å². The van der Waals surface area contributed by atoms with E-state index in [1.54, 1.807) is 13.8 Å². The molecule has 2 aliphatic rings. The molecule has 0 unspecified atom stereocenters. The van der Waals surface area contributed by atoms with Crippen molar-refractivity contribution in [3.05, 3.63) is 35.4 Å². The predicted molar refractivity (Wildman–Crippen MR) is 97.1 cm³/mol. The van der Waals surface area contributed by atoms with Crippen molar-refractivity contribution in [2.24, 2.45) is 0 Å². The normalized spacial score (nSPS) is 25.6. The molecule has 2 aliphatic heterocycles. The van der Waals surface area contributed by atoms with Gasteiger partial charge in [-0.15, -0.1) is 0 Å². The van der Waals surface area contributed by atoms with E-state index in [1.807, 2.05) is 12.1 Å². The van der Waals surface area contributed by atoms with Crippen LogP contribution >= 0.6 is 0 Å². The van der Waals surface area contributed by atoms with Gasteiger partial charge < -0.3 is 14.9 Å². The summed E-state index contributed by atoms with van der Waals surface area (Å²) in [5, 5.41) is 20.1. The van der Waals surface area contributed by atoms with E-state index in [-0.39, 0.29) is 12.1 Å². The minimum absolute atomic E-state index is 0.209. The van der Waals surface area contributed by atoms with Crippen LogP contribution < -0.4 is 0 Å². The molecule has 2 N–H and O–H groups in total. The van der Waals surface area contributed by atoms with Crippen LogP contribution in [0.5, 0.6) is 0 Å². The molecule has 2 saturated heterocycles. The molecular weight excluding hydrogens is 316 g/mol. The third kappa shape index (κ3) is 5.27. The van der Waals surface area contributed by atoms with Gasteiger partial charge in [0.15, 0.2) is 0 Å². The number of hydrogen-bond donors (Lipinski definition) is 2.